The molecular weight excluding hydrogens is 336 g/mol. The number of hydrogen-bond acceptors (Lipinski definition) is 0. The normalized spacial score (nSPS) is 10.9. The van der Waals surface area contributed by atoms with Crippen LogP contribution in [0.1, 0.15) is 49.9 Å². The van der Waals surface area contributed by atoms with Crippen LogP contribution in [-0.4, -0.2) is 0 Å². The summed E-state index contributed by atoms with van der Waals surface area (Å²) < 4.78 is 0. The zero-order valence-electron chi connectivity index (χ0n) is 18.6. The first-order valence-electron chi connectivity index (χ1n) is 10.6. The van der Waals surface area contributed by atoms with Crippen molar-refractivity contribution in [3.05, 3.63) is 70.8 Å². The predicted octanol–water partition coefficient (Wildman–Crippen LogP) is 9.02. The standard InChI is InChI=1S/C24H20.2C2H6/c1-13-5-9-17-19-11-7-15(3)22-16(4)8-12-20(24(19)22)18-10-6-14(2)21(13)23(17)18;2*1-2/h5-12H,1-4H3;2*1-2H3. The van der Waals surface area contributed by atoms with Gasteiger partial charge in [0.15, 0.2) is 0 Å². The number of fused-ring (bicyclic) bond motifs is 2. The molecule has 144 valence electrons. The number of hydrogen-bond donors (Lipinski definition) is 0. The van der Waals surface area contributed by atoms with Gasteiger partial charge in [0, 0.05) is 0 Å². The van der Waals surface area contributed by atoms with E-state index in [1.54, 1.807) is 0 Å². The highest BCUT2D eigenvalue weighted by atomic mass is 14.2. The van der Waals surface area contributed by atoms with Gasteiger partial charge in [0.2, 0.25) is 0 Å². The van der Waals surface area contributed by atoms with Crippen LogP contribution >= 0.6 is 0 Å². The molecule has 0 aliphatic carbocycles. The zero-order chi connectivity index (χ0) is 20.6. The van der Waals surface area contributed by atoms with E-state index in [1.807, 2.05) is 27.7 Å². The number of benzene rings is 5. The third-order valence-electron chi connectivity index (χ3n) is 5.74. The summed E-state index contributed by atoms with van der Waals surface area (Å²) in [5, 5.41) is 11.2. The lowest BCUT2D eigenvalue weighted by atomic mass is 9.85. The Hall–Kier alpha value is -2.60. The predicted molar refractivity (Wildman–Crippen MR) is 129 cm³/mol. The van der Waals surface area contributed by atoms with Gasteiger partial charge in [-0.3, -0.25) is 0 Å². The van der Waals surface area contributed by atoms with E-state index in [4.69, 9.17) is 0 Å². The van der Waals surface area contributed by atoms with Crippen molar-refractivity contribution in [3.63, 3.8) is 0 Å². The molecule has 0 heteroatoms. The lowest BCUT2D eigenvalue weighted by molar-refractivity contribution is 1.47. The molecule has 5 aromatic carbocycles. The van der Waals surface area contributed by atoms with Gasteiger partial charge >= 0.3 is 0 Å². The van der Waals surface area contributed by atoms with Gasteiger partial charge in [0.05, 0.1) is 0 Å². The molecule has 0 fully saturated rings. The minimum atomic E-state index is 1.37. The van der Waals surface area contributed by atoms with Crippen molar-refractivity contribution in [3.8, 4) is 0 Å². The summed E-state index contributed by atoms with van der Waals surface area (Å²) in [5.74, 6) is 0. The lowest BCUT2D eigenvalue weighted by Crippen LogP contribution is -1.92. The highest BCUT2D eigenvalue weighted by Gasteiger charge is 2.16. The maximum absolute atomic E-state index is 2.32. The van der Waals surface area contributed by atoms with E-state index in [0.29, 0.717) is 0 Å². The van der Waals surface area contributed by atoms with Crippen LogP contribution in [0.15, 0.2) is 48.5 Å². The Labute approximate surface area is 169 Å². The summed E-state index contributed by atoms with van der Waals surface area (Å²) in [4.78, 5) is 0. The van der Waals surface area contributed by atoms with Gasteiger partial charge in [0.1, 0.15) is 0 Å². The highest BCUT2D eigenvalue weighted by molar-refractivity contribution is 6.34. The lowest BCUT2D eigenvalue weighted by Gasteiger charge is -2.18. The summed E-state index contributed by atoms with van der Waals surface area (Å²) in [7, 11) is 0. The molecule has 0 unspecified atom stereocenters. The maximum atomic E-state index is 2.32. The van der Waals surface area contributed by atoms with E-state index in [9.17, 15) is 0 Å². The van der Waals surface area contributed by atoms with E-state index in [0.717, 1.165) is 0 Å². The first kappa shape index (κ1) is 20.1. The van der Waals surface area contributed by atoms with Crippen LogP contribution in [0.5, 0.6) is 0 Å². The zero-order valence-corrected chi connectivity index (χ0v) is 18.6. The van der Waals surface area contributed by atoms with Crippen molar-refractivity contribution < 1.29 is 0 Å². The van der Waals surface area contributed by atoms with Gasteiger partial charge in [0.25, 0.3) is 0 Å². The topological polar surface area (TPSA) is 0 Å². The van der Waals surface area contributed by atoms with Crippen molar-refractivity contribution >= 4 is 43.1 Å². The SMILES string of the molecule is CC.CC.Cc1ccc2c3ccc(C)c4c(C)ccc(c5ccc(C)c1c25)c43. The van der Waals surface area contributed by atoms with Gasteiger partial charge in [-0.1, -0.05) is 76.2 Å². The molecule has 5 rings (SSSR count). The van der Waals surface area contributed by atoms with E-state index < -0.39 is 0 Å². The van der Waals surface area contributed by atoms with Gasteiger partial charge in [-0.2, -0.15) is 0 Å². The number of aryl methyl sites for hydroxylation is 4. The van der Waals surface area contributed by atoms with Crippen molar-refractivity contribution in [2.75, 3.05) is 0 Å². The van der Waals surface area contributed by atoms with Crippen LogP contribution in [0.2, 0.25) is 0 Å². The highest BCUT2D eigenvalue weighted by Crippen LogP contribution is 2.43. The molecule has 5 aromatic rings. The second kappa shape index (κ2) is 7.80. The van der Waals surface area contributed by atoms with Gasteiger partial charge in [-0.15, -0.1) is 0 Å². The quantitative estimate of drug-likeness (QED) is 0.189. The molecule has 0 saturated carbocycles. The molecule has 28 heavy (non-hydrogen) atoms. The molecule has 0 aromatic heterocycles. The molecule has 0 heterocycles. The summed E-state index contributed by atoms with van der Waals surface area (Å²) in [6, 6.07) is 18.4. The Kier molecular flexibility index (Phi) is 5.61. The third kappa shape index (κ3) is 2.75. The van der Waals surface area contributed by atoms with Gasteiger partial charge < -0.3 is 0 Å². The maximum Gasteiger partial charge on any atom is -0.00210 e. The van der Waals surface area contributed by atoms with Crippen LogP contribution in [-0.2, 0) is 0 Å². The summed E-state index contributed by atoms with van der Waals surface area (Å²) in [6.07, 6.45) is 0. The van der Waals surface area contributed by atoms with Crippen LogP contribution in [0, 0.1) is 27.7 Å². The average Bonchev–Trinajstić information content (AvgIpc) is 2.73. The first-order valence-corrected chi connectivity index (χ1v) is 10.6. The van der Waals surface area contributed by atoms with Crippen molar-refractivity contribution in [1.29, 1.82) is 0 Å². The van der Waals surface area contributed by atoms with Crippen LogP contribution in [0.25, 0.3) is 43.1 Å². The monoisotopic (exact) mass is 368 g/mol. The van der Waals surface area contributed by atoms with Crippen LogP contribution < -0.4 is 0 Å². The fourth-order valence-electron chi connectivity index (χ4n) is 4.64. The fraction of sp³-hybridized carbons (Fsp3) is 0.286. The minimum absolute atomic E-state index is 1.37. The minimum Gasteiger partial charge on any atom is -0.0683 e. The Balaban J connectivity index is 0.000000531. The summed E-state index contributed by atoms with van der Waals surface area (Å²) >= 11 is 0. The molecule has 0 radical (unpaired) electrons. The van der Waals surface area contributed by atoms with E-state index in [-0.39, 0.29) is 0 Å². The Morgan fingerprint density at radius 1 is 0.321 bits per heavy atom. The molecular formula is C28H32. The Bertz CT molecular complexity index is 1080. The summed E-state index contributed by atoms with van der Waals surface area (Å²) in [6.45, 7) is 16.9. The Morgan fingerprint density at radius 2 is 0.536 bits per heavy atom. The molecule has 0 aliphatic rings. The molecule has 0 atom stereocenters. The van der Waals surface area contributed by atoms with E-state index >= 15 is 0 Å². The molecule has 0 N–H and O–H groups in total. The number of rotatable bonds is 0. The fourth-order valence-corrected chi connectivity index (χ4v) is 4.64. The second-order valence-electron chi connectivity index (χ2n) is 7.22. The molecule has 0 saturated heterocycles. The van der Waals surface area contributed by atoms with Crippen molar-refractivity contribution in [2.24, 2.45) is 0 Å². The van der Waals surface area contributed by atoms with Crippen molar-refractivity contribution in [2.45, 2.75) is 55.4 Å². The summed E-state index contributed by atoms with van der Waals surface area (Å²) in [5.41, 5.74) is 5.47. The van der Waals surface area contributed by atoms with E-state index in [2.05, 4.69) is 76.2 Å². The third-order valence-corrected chi connectivity index (χ3v) is 5.74. The van der Waals surface area contributed by atoms with Crippen LogP contribution in [0.4, 0.5) is 0 Å². The average molecular weight is 369 g/mol. The van der Waals surface area contributed by atoms with E-state index in [1.165, 1.54) is 65.3 Å². The molecule has 0 bridgehead atoms. The van der Waals surface area contributed by atoms with Gasteiger partial charge in [-0.05, 0) is 93.0 Å². The smallest absolute Gasteiger partial charge is 0.00210 e. The van der Waals surface area contributed by atoms with Crippen LogP contribution in [0.3, 0.4) is 0 Å². The largest absolute Gasteiger partial charge is 0.0683 e. The second-order valence-corrected chi connectivity index (χ2v) is 7.22. The molecule has 0 spiro atoms. The van der Waals surface area contributed by atoms with Crippen molar-refractivity contribution in [1.82, 2.24) is 0 Å². The molecule has 0 amide bonds. The van der Waals surface area contributed by atoms with Gasteiger partial charge in [-0.25, -0.2) is 0 Å². The molecule has 0 aliphatic heterocycles. The Morgan fingerprint density at radius 3 is 0.750 bits per heavy atom. The first-order chi connectivity index (χ1) is 13.6. The molecule has 0 nitrogen and oxygen atoms in total.